The van der Waals surface area contributed by atoms with E-state index in [9.17, 15) is 14.7 Å². The Labute approximate surface area is 159 Å². The van der Waals surface area contributed by atoms with Crippen molar-refractivity contribution in [3.05, 3.63) is 75.5 Å². The molecule has 27 heavy (non-hydrogen) atoms. The fourth-order valence-corrected chi connectivity index (χ4v) is 3.37. The molecule has 1 unspecified atom stereocenters. The molecule has 0 spiro atoms. The average Bonchev–Trinajstić information content (AvgIpc) is 2.67. The van der Waals surface area contributed by atoms with Gasteiger partial charge in [0.1, 0.15) is 12.4 Å². The highest BCUT2D eigenvalue weighted by molar-refractivity contribution is 7.39. The van der Waals surface area contributed by atoms with Crippen molar-refractivity contribution in [3.8, 4) is 11.5 Å². The smallest absolute Gasteiger partial charge is 0.489 e. The van der Waals surface area contributed by atoms with E-state index >= 15 is 0 Å². The zero-order chi connectivity index (χ0) is 19.6. The maximum Gasteiger partial charge on any atom is 0.556 e. The predicted octanol–water partition coefficient (Wildman–Crippen LogP) is 5.82. The summed E-state index contributed by atoms with van der Waals surface area (Å²) in [4.78, 5) is 10.4. The monoisotopic (exact) mass is 388 g/mol. The molecule has 2 rings (SSSR count). The summed E-state index contributed by atoms with van der Waals surface area (Å²) in [6.45, 7) is 3.67. The number of para-hydroxylation sites is 1. The van der Waals surface area contributed by atoms with Crippen molar-refractivity contribution >= 4 is 14.1 Å². The first-order chi connectivity index (χ1) is 13.0. The lowest BCUT2D eigenvalue weighted by molar-refractivity contribution is -0.422. The first-order valence-corrected chi connectivity index (χ1v) is 10.1. The van der Waals surface area contributed by atoms with E-state index in [4.69, 9.17) is 9.26 Å². The van der Waals surface area contributed by atoms with Crippen molar-refractivity contribution in [1.82, 2.24) is 0 Å². The Hall–Kier alpha value is -2.72. The van der Waals surface area contributed by atoms with Gasteiger partial charge in [-0.2, -0.15) is 0 Å². The van der Waals surface area contributed by atoms with Crippen LogP contribution in [0.1, 0.15) is 37.8 Å². The number of rotatable bonds is 10. The molecule has 0 aliphatic rings. The van der Waals surface area contributed by atoms with Gasteiger partial charge in [-0.05, 0) is 40.8 Å². The van der Waals surface area contributed by atoms with Crippen molar-refractivity contribution in [3.63, 3.8) is 0 Å². The van der Waals surface area contributed by atoms with Crippen LogP contribution < -0.4 is 9.26 Å². The van der Waals surface area contributed by atoms with Crippen molar-refractivity contribution in [2.75, 3.05) is 6.16 Å². The maximum atomic E-state index is 12.1. The van der Waals surface area contributed by atoms with E-state index in [0.29, 0.717) is 28.8 Å². The van der Waals surface area contributed by atoms with Crippen LogP contribution in [0.2, 0.25) is 0 Å². The highest BCUT2D eigenvalue weighted by Gasteiger charge is 2.21. The number of hydrogen-bond acceptors (Lipinski definition) is 5. The van der Waals surface area contributed by atoms with Gasteiger partial charge < -0.3 is 4.74 Å². The Morgan fingerprint density at radius 2 is 1.96 bits per heavy atom. The fraction of sp³-hybridized carbons (Fsp3) is 0.300. The molecule has 0 saturated heterocycles. The Balaban J connectivity index is 2.24. The molecule has 6 nitrogen and oxygen atoms in total. The van der Waals surface area contributed by atoms with E-state index in [1.807, 2.05) is 37.3 Å². The minimum absolute atomic E-state index is 0.0348. The van der Waals surface area contributed by atoms with Gasteiger partial charge in [0.2, 0.25) is 5.70 Å². The van der Waals surface area contributed by atoms with E-state index in [1.54, 1.807) is 18.2 Å². The lowest BCUT2D eigenvalue weighted by Crippen LogP contribution is -2.00. The minimum atomic E-state index is -1.81. The van der Waals surface area contributed by atoms with Gasteiger partial charge >= 0.3 is 8.03 Å². The number of unbranched alkanes of at least 4 members (excludes halogenated alkanes) is 1. The van der Waals surface area contributed by atoms with Gasteiger partial charge in [0.25, 0.3) is 0 Å². The quantitative estimate of drug-likeness (QED) is 0.291. The summed E-state index contributed by atoms with van der Waals surface area (Å²) in [5.74, 6) is 1.17. The van der Waals surface area contributed by atoms with Crippen LogP contribution in [0, 0.1) is 10.1 Å². The van der Waals surface area contributed by atoms with E-state index in [-0.39, 0.29) is 12.3 Å². The van der Waals surface area contributed by atoms with E-state index < -0.39 is 13.0 Å². The van der Waals surface area contributed by atoms with Crippen molar-refractivity contribution in [2.45, 2.75) is 33.3 Å². The second-order valence-electron chi connectivity index (χ2n) is 6.01. The SMILES string of the molecule is CCCC[P+](=O)Oc1ccc(C=C(C)[N+](=O)[O-])cc1COc1ccccc1. The summed E-state index contributed by atoms with van der Waals surface area (Å²) in [6.07, 6.45) is 3.74. The summed E-state index contributed by atoms with van der Waals surface area (Å²) in [6, 6.07) is 14.5. The molecule has 0 aliphatic heterocycles. The van der Waals surface area contributed by atoms with Crippen LogP contribution in [0.25, 0.3) is 6.08 Å². The third kappa shape index (κ3) is 6.83. The molecule has 2 aromatic rings. The normalized spacial score (nSPS) is 11.8. The number of benzene rings is 2. The zero-order valence-electron chi connectivity index (χ0n) is 15.5. The van der Waals surface area contributed by atoms with Gasteiger partial charge in [0.05, 0.1) is 4.92 Å². The summed E-state index contributed by atoms with van der Waals surface area (Å²) >= 11 is 0. The molecule has 2 aromatic carbocycles. The molecule has 0 fully saturated rings. The number of hydrogen-bond donors (Lipinski definition) is 0. The average molecular weight is 388 g/mol. The van der Waals surface area contributed by atoms with Gasteiger partial charge in [-0.3, -0.25) is 14.6 Å². The molecule has 142 valence electrons. The van der Waals surface area contributed by atoms with Crippen LogP contribution in [-0.4, -0.2) is 11.1 Å². The largest absolute Gasteiger partial charge is 0.556 e. The minimum Gasteiger partial charge on any atom is -0.489 e. The molecule has 0 aromatic heterocycles. The molecule has 0 N–H and O–H groups in total. The maximum absolute atomic E-state index is 12.1. The summed E-state index contributed by atoms with van der Waals surface area (Å²) in [5, 5.41) is 10.9. The van der Waals surface area contributed by atoms with Gasteiger partial charge in [-0.25, -0.2) is 0 Å². The molecule has 0 heterocycles. The van der Waals surface area contributed by atoms with Gasteiger partial charge in [0.15, 0.2) is 11.9 Å². The number of nitrogens with zero attached hydrogens (tertiary/aromatic N) is 1. The molecular weight excluding hydrogens is 365 g/mol. The van der Waals surface area contributed by atoms with Crippen LogP contribution in [-0.2, 0) is 11.2 Å². The Morgan fingerprint density at radius 3 is 2.63 bits per heavy atom. The lowest BCUT2D eigenvalue weighted by Gasteiger charge is -2.09. The third-order valence-corrected chi connectivity index (χ3v) is 4.86. The van der Waals surface area contributed by atoms with E-state index in [1.165, 1.54) is 13.0 Å². The van der Waals surface area contributed by atoms with Crippen molar-refractivity contribution < 1.29 is 18.7 Å². The van der Waals surface area contributed by atoms with Crippen LogP contribution in [0.15, 0.2) is 54.2 Å². The highest BCUT2D eigenvalue weighted by Crippen LogP contribution is 2.32. The topological polar surface area (TPSA) is 78.7 Å². The predicted molar refractivity (Wildman–Crippen MR) is 106 cm³/mol. The van der Waals surface area contributed by atoms with Gasteiger partial charge in [0, 0.05) is 18.6 Å². The van der Waals surface area contributed by atoms with E-state index in [0.717, 1.165) is 12.8 Å². The summed E-state index contributed by atoms with van der Waals surface area (Å²) in [5.41, 5.74) is 1.38. The molecule has 0 aliphatic carbocycles. The molecule has 7 heteroatoms. The molecule has 1 atom stereocenters. The zero-order valence-corrected chi connectivity index (χ0v) is 16.4. The standard InChI is InChI=1S/C20H23NO5P/c1-3-4-12-27(24)26-20-11-10-17(13-16(2)21(22)23)14-18(20)15-25-19-8-6-5-7-9-19/h5-11,13-14H,3-4,12,15H2,1-2H3/q+1. The molecule has 0 bridgehead atoms. The number of nitro groups is 1. The molecule has 0 saturated carbocycles. The van der Waals surface area contributed by atoms with Crippen LogP contribution in [0.5, 0.6) is 11.5 Å². The lowest BCUT2D eigenvalue weighted by atomic mass is 10.1. The summed E-state index contributed by atoms with van der Waals surface area (Å²) < 4.78 is 23.5. The summed E-state index contributed by atoms with van der Waals surface area (Å²) in [7, 11) is -1.81. The van der Waals surface area contributed by atoms with Crippen molar-refractivity contribution in [2.24, 2.45) is 0 Å². The van der Waals surface area contributed by atoms with Crippen molar-refractivity contribution in [1.29, 1.82) is 0 Å². The number of allylic oxidation sites excluding steroid dienone is 1. The third-order valence-electron chi connectivity index (χ3n) is 3.78. The van der Waals surface area contributed by atoms with Gasteiger partial charge in [-0.1, -0.05) is 37.6 Å². The highest BCUT2D eigenvalue weighted by atomic mass is 31.1. The van der Waals surface area contributed by atoms with Crippen LogP contribution in [0.3, 0.4) is 0 Å². The Bertz CT molecular complexity index is 820. The van der Waals surface area contributed by atoms with Crippen LogP contribution in [0.4, 0.5) is 0 Å². The fourth-order valence-electron chi connectivity index (χ4n) is 2.31. The first-order valence-electron chi connectivity index (χ1n) is 8.75. The second-order valence-corrected chi connectivity index (χ2v) is 7.31. The molecule has 0 radical (unpaired) electrons. The van der Waals surface area contributed by atoms with Gasteiger partial charge in [-0.15, -0.1) is 0 Å². The molecule has 0 amide bonds. The number of ether oxygens (including phenoxy) is 1. The van der Waals surface area contributed by atoms with Crippen LogP contribution >= 0.6 is 8.03 Å². The first kappa shape index (κ1) is 20.6. The second kappa shape index (κ2) is 10.4. The Morgan fingerprint density at radius 1 is 1.22 bits per heavy atom. The van der Waals surface area contributed by atoms with E-state index in [2.05, 4.69) is 0 Å². The molecular formula is C20H23NO5P+. The Kier molecular flexibility index (Phi) is 7.96.